The summed E-state index contributed by atoms with van der Waals surface area (Å²) in [7, 11) is 2.16. The summed E-state index contributed by atoms with van der Waals surface area (Å²) in [5.41, 5.74) is 7.81. The normalized spacial score (nSPS) is 15.3. The van der Waals surface area contributed by atoms with Crippen molar-refractivity contribution in [2.75, 3.05) is 52.1 Å². The summed E-state index contributed by atoms with van der Waals surface area (Å²) in [5.74, 6) is 0.420. The van der Waals surface area contributed by atoms with Crippen molar-refractivity contribution in [1.82, 2.24) is 34.6 Å². The number of nitrogens with zero attached hydrogens (tertiary/aromatic N) is 5. The average Bonchev–Trinajstić information content (AvgIpc) is 3.26. The van der Waals surface area contributed by atoms with Gasteiger partial charge in [-0.25, -0.2) is 4.79 Å². The molecular formula is C29H44N8O4. The summed E-state index contributed by atoms with van der Waals surface area (Å²) in [6, 6.07) is 8.02. The number of carbonyl (C=O) groups is 1. The first-order chi connectivity index (χ1) is 19.8. The van der Waals surface area contributed by atoms with E-state index in [0.29, 0.717) is 36.6 Å². The molecule has 41 heavy (non-hydrogen) atoms. The number of nitrogen functional groups attached to an aromatic ring is 1. The molecule has 1 fully saturated rings. The molecule has 2 aromatic heterocycles. The van der Waals surface area contributed by atoms with E-state index in [1.54, 1.807) is 10.6 Å². The number of carbonyl (C=O) groups excluding carboxylic acids is 1. The van der Waals surface area contributed by atoms with E-state index in [1.807, 2.05) is 18.2 Å². The Morgan fingerprint density at radius 2 is 1.95 bits per heavy atom. The van der Waals surface area contributed by atoms with Gasteiger partial charge in [0.25, 0.3) is 0 Å². The summed E-state index contributed by atoms with van der Waals surface area (Å²) < 4.78 is 12.5. The largest absolute Gasteiger partial charge is 0.463 e. The number of rotatable bonds is 15. The van der Waals surface area contributed by atoms with E-state index in [2.05, 4.69) is 44.0 Å². The first-order valence-corrected chi connectivity index (χ1v) is 14.6. The number of hydrogen-bond donors (Lipinski definition) is 3. The Labute approximate surface area is 241 Å². The van der Waals surface area contributed by atoms with Crippen molar-refractivity contribution in [3.63, 3.8) is 0 Å². The van der Waals surface area contributed by atoms with Gasteiger partial charge in [0.05, 0.1) is 6.61 Å². The van der Waals surface area contributed by atoms with Crippen LogP contribution in [-0.2, 0) is 17.9 Å². The van der Waals surface area contributed by atoms with Crippen molar-refractivity contribution < 1.29 is 14.3 Å². The van der Waals surface area contributed by atoms with Crippen molar-refractivity contribution >= 4 is 23.0 Å². The van der Waals surface area contributed by atoms with Crippen LogP contribution in [0.15, 0.2) is 29.1 Å². The Hall–Kier alpha value is -3.48. The summed E-state index contributed by atoms with van der Waals surface area (Å²) in [4.78, 5) is 40.5. The van der Waals surface area contributed by atoms with Crippen LogP contribution in [0.3, 0.4) is 0 Å². The van der Waals surface area contributed by atoms with Gasteiger partial charge in [0.2, 0.25) is 0 Å². The zero-order valence-electron chi connectivity index (χ0n) is 24.5. The zero-order valence-corrected chi connectivity index (χ0v) is 24.5. The van der Waals surface area contributed by atoms with Gasteiger partial charge in [-0.1, -0.05) is 25.5 Å². The molecule has 0 bridgehead atoms. The summed E-state index contributed by atoms with van der Waals surface area (Å²) in [6.45, 7) is 10.5. The van der Waals surface area contributed by atoms with E-state index >= 15 is 0 Å². The number of aromatic amines is 1. The highest BCUT2D eigenvalue weighted by atomic mass is 16.5. The molecule has 224 valence electrons. The van der Waals surface area contributed by atoms with Gasteiger partial charge >= 0.3 is 17.7 Å². The number of imidazole rings is 1. The maximum atomic E-state index is 12.8. The molecule has 4 rings (SSSR count). The number of aromatic nitrogens is 4. The summed E-state index contributed by atoms with van der Waals surface area (Å²) >= 11 is 0. The average molecular weight is 569 g/mol. The quantitative estimate of drug-likeness (QED) is 0.142. The fourth-order valence-electron chi connectivity index (χ4n) is 5.01. The number of likely N-dealkylation sites (N-methyl/N-ethyl adjacent to an activating group) is 1. The number of nitrogens with two attached hydrogens (primary N) is 1. The van der Waals surface area contributed by atoms with Crippen LogP contribution < -0.4 is 26.2 Å². The van der Waals surface area contributed by atoms with E-state index < -0.39 is 0 Å². The maximum absolute atomic E-state index is 12.8. The Morgan fingerprint density at radius 3 is 2.71 bits per heavy atom. The molecule has 0 amide bonds. The number of piperazine rings is 1. The fourth-order valence-corrected chi connectivity index (χ4v) is 5.01. The number of unbranched alkanes of at least 4 members (excludes halogenated alkanes) is 1. The summed E-state index contributed by atoms with van der Waals surface area (Å²) in [5, 5.41) is 3.71. The van der Waals surface area contributed by atoms with Gasteiger partial charge in [-0.05, 0) is 57.0 Å². The third-order valence-electron chi connectivity index (χ3n) is 7.44. The number of esters is 1. The number of ether oxygens (including phenoxy) is 2. The SMILES string of the molecule is CCCCOc1nc(N)c2[nH]c(=O)n(CCCC(CCN3CCN(C)CC3)NCc3cccc(OC(C)=O)c3)c2n1. The smallest absolute Gasteiger partial charge is 0.327 e. The molecule has 1 saturated heterocycles. The minimum absolute atomic E-state index is 0.193. The van der Waals surface area contributed by atoms with Crippen LogP contribution in [0.25, 0.3) is 11.2 Å². The summed E-state index contributed by atoms with van der Waals surface area (Å²) in [6.07, 6.45) is 4.51. The zero-order chi connectivity index (χ0) is 29.2. The molecule has 1 aromatic carbocycles. The second-order valence-corrected chi connectivity index (χ2v) is 10.8. The molecule has 1 aliphatic heterocycles. The number of hydrogen-bond acceptors (Lipinski definition) is 10. The van der Waals surface area contributed by atoms with Crippen LogP contribution in [-0.4, -0.2) is 87.7 Å². The minimum atomic E-state index is -0.334. The molecule has 0 aliphatic carbocycles. The van der Waals surface area contributed by atoms with Crippen LogP contribution in [0, 0.1) is 0 Å². The van der Waals surface area contributed by atoms with Crippen LogP contribution >= 0.6 is 0 Å². The van der Waals surface area contributed by atoms with Crippen LogP contribution in [0.5, 0.6) is 11.8 Å². The number of aryl methyl sites for hydroxylation is 1. The predicted octanol–water partition coefficient (Wildman–Crippen LogP) is 2.38. The second-order valence-electron chi connectivity index (χ2n) is 10.8. The lowest BCUT2D eigenvalue weighted by molar-refractivity contribution is -0.131. The third kappa shape index (κ3) is 9.00. The molecule has 0 spiro atoms. The fraction of sp³-hybridized carbons (Fsp3) is 0.586. The highest BCUT2D eigenvalue weighted by molar-refractivity contribution is 5.81. The monoisotopic (exact) mass is 568 g/mol. The van der Waals surface area contributed by atoms with Crippen molar-refractivity contribution in [3.8, 4) is 11.8 Å². The van der Waals surface area contributed by atoms with Crippen LogP contribution in [0.1, 0.15) is 51.5 Å². The molecule has 1 atom stereocenters. The Kier molecular flexibility index (Phi) is 11.1. The topological polar surface area (TPSA) is 144 Å². The van der Waals surface area contributed by atoms with Crippen molar-refractivity contribution in [1.29, 1.82) is 0 Å². The number of nitrogens with one attached hydrogen (secondary N) is 2. The van der Waals surface area contributed by atoms with E-state index in [0.717, 1.165) is 70.4 Å². The standard InChI is InChI=1S/C29H44N8O4/c1-4-5-18-40-28-33-26(30)25-27(34-28)37(29(39)32-25)12-7-9-23(11-13-36-16-14-35(3)15-17-36)31-20-22-8-6-10-24(19-22)41-21(2)38/h6,8,10,19,23,31H,4-5,7,9,11-18,20H2,1-3H3,(H,32,39)(H2,30,33,34). The van der Waals surface area contributed by atoms with Crippen molar-refractivity contribution in [2.45, 2.75) is 65.1 Å². The number of H-pyrrole nitrogens is 1. The Morgan fingerprint density at radius 1 is 1.15 bits per heavy atom. The molecule has 12 nitrogen and oxygen atoms in total. The Bertz CT molecular complexity index is 1330. The van der Waals surface area contributed by atoms with Crippen molar-refractivity contribution in [3.05, 3.63) is 40.3 Å². The predicted molar refractivity (Wildman–Crippen MR) is 159 cm³/mol. The molecule has 3 heterocycles. The molecule has 12 heteroatoms. The lowest BCUT2D eigenvalue weighted by Gasteiger charge is -2.33. The maximum Gasteiger partial charge on any atom is 0.327 e. The van der Waals surface area contributed by atoms with Gasteiger partial charge in [0, 0.05) is 52.2 Å². The number of benzene rings is 1. The number of fused-ring (bicyclic) bond motifs is 1. The second kappa shape index (κ2) is 14.9. The first kappa shape index (κ1) is 30.5. The molecule has 0 saturated carbocycles. The van der Waals surface area contributed by atoms with Crippen molar-refractivity contribution in [2.24, 2.45) is 0 Å². The third-order valence-corrected chi connectivity index (χ3v) is 7.44. The highest BCUT2D eigenvalue weighted by Crippen LogP contribution is 2.19. The molecule has 4 N–H and O–H groups in total. The van der Waals surface area contributed by atoms with E-state index in [1.165, 1.54) is 6.92 Å². The van der Waals surface area contributed by atoms with E-state index in [4.69, 9.17) is 15.2 Å². The first-order valence-electron chi connectivity index (χ1n) is 14.6. The molecule has 3 aromatic rings. The van der Waals surface area contributed by atoms with E-state index in [9.17, 15) is 9.59 Å². The lowest BCUT2D eigenvalue weighted by Crippen LogP contribution is -2.45. The molecule has 1 unspecified atom stereocenters. The lowest BCUT2D eigenvalue weighted by atomic mass is 10.1. The van der Waals surface area contributed by atoms with Gasteiger partial charge < -0.3 is 35.3 Å². The van der Waals surface area contributed by atoms with Gasteiger partial charge in [-0.15, -0.1) is 0 Å². The highest BCUT2D eigenvalue weighted by Gasteiger charge is 2.18. The van der Waals surface area contributed by atoms with Gasteiger partial charge in [-0.2, -0.15) is 9.97 Å². The van der Waals surface area contributed by atoms with Gasteiger partial charge in [0.1, 0.15) is 11.3 Å². The van der Waals surface area contributed by atoms with E-state index in [-0.39, 0.29) is 29.5 Å². The number of anilines is 1. The molecular weight excluding hydrogens is 524 g/mol. The van der Waals surface area contributed by atoms with Crippen LogP contribution in [0.2, 0.25) is 0 Å². The minimum Gasteiger partial charge on any atom is -0.463 e. The van der Waals surface area contributed by atoms with Gasteiger partial charge in [-0.3, -0.25) is 9.36 Å². The van der Waals surface area contributed by atoms with Gasteiger partial charge in [0.15, 0.2) is 11.5 Å². The Balaban J connectivity index is 1.41. The van der Waals surface area contributed by atoms with Crippen LogP contribution in [0.4, 0.5) is 5.82 Å². The molecule has 1 aliphatic rings. The molecule has 0 radical (unpaired) electrons.